The van der Waals surface area contributed by atoms with Gasteiger partial charge in [0.25, 0.3) is 0 Å². The van der Waals surface area contributed by atoms with Crippen molar-refractivity contribution in [1.29, 1.82) is 0 Å². The Balaban J connectivity index is 1.91. The fourth-order valence-corrected chi connectivity index (χ4v) is 5.02. The third kappa shape index (κ3) is 2.59. The van der Waals surface area contributed by atoms with Crippen molar-refractivity contribution < 1.29 is 8.42 Å². The Morgan fingerprint density at radius 2 is 2.15 bits per heavy atom. The fraction of sp³-hybridized carbons (Fsp3) is 0.154. The number of nitrogens with one attached hydrogen (secondary N) is 1. The Kier molecular flexibility index (Phi) is 3.54. The van der Waals surface area contributed by atoms with Gasteiger partial charge in [0.05, 0.1) is 17.2 Å². The average molecular weight is 327 g/mol. The second kappa shape index (κ2) is 5.20. The zero-order chi connectivity index (χ0) is 14.2. The van der Waals surface area contributed by atoms with Gasteiger partial charge in [-0.2, -0.15) is 5.10 Å². The molecule has 3 rings (SSSR count). The SMILES string of the molecule is O=S1(=O)CCC(=NNc2cccc(Cl)c2)c2ccsc21. The highest BCUT2D eigenvalue weighted by atomic mass is 35.5. The molecular weight excluding hydrogens is 316 g/mol. The molecule has 1 aromatic carbocycles. The van der Waals surface area contributed by atoms with Crippen molar-refractivity contribution in [1.82, 2.24) is 0 Å². The van der Waals surface area contributed by atoms with Crippen LogP contribution in [0.1, 0.15) is 12.0 Å². The van der Waals surface area contributed by atoms with Crippen LogP contribution >= 0.6 is 22.9 Å². The molecule has 104 valence electrons. The molecule has 2 aromatic rings. The van der Waals surface area contributed by atoms with Crippen molar-refractivity contribution >= 4 is 44.2 Å². The molecule has 2 heterocycles. The highest BCUT2D eigenvalue weighted by molar-refractivity contribution is 7.93. The van der Waals surface area contributed by atoms with Gasteiger partial charge in [-0.15, -0.1) is 11.3 Å². The normalized spacial score (nSPS) is 18.8. The van der Waals surface area contributed by atoms with Crippen LogP contribution in [0, 0.1) is 0 Å². The van der Waals surface area contributed by atoms with E-state index in [0.29, 0.717) is 21.2 Å². The summed E-state index contributed by atoms with van der Waals surface area (Å²) in [5, 5.41) is 6.73. The maximum Gasteiger partial charge on any atom is 0.188 e. The van der Waals surface area contributed by atoms with E-state index in [2.05, 4.69) is 10.5 Å². The smallest absolute Gasteiger partial charge is 0.188 e. The lowest BCUT2D eigenvalue weighted by Gasteiger charge is -2.14. The Labute approximate surface area is 126 Å². The van der Waals surface area contributed by atoms with Gasteiger partial charge in [0, 0.05) is 17.0 Å². The van der Waals surface area contributed by atoms with Crippen molar-refractivity contribution in [2.75, 3.05) is 11.2 Å². The largest absolute Gasteiger partial charge is 0.278 e. The fourth-order valence-electron chi connectivity index (χ4n) is 2.01. The molecule has 1 aliphatic rings. The number of hydrogen-bond acceptors (Lipinski definition) is 5. The molecule has 0 aliphatic carbocycles. The Morgan fingerprint density at radius 1 is 1.30 bits per heavy atom. The maximum absolute atomic E-state index is 11.9. The van der Waals surface area contributed by atoms with Gasteiger partial charge in [0.15, 0.2) is 9.84 Å². The van der Waals surface area contributed by atoms with Crippen LogP contribution < -0.4 is 5.43 Å². The Morgan fingerprint density at radius 3 is 2.95 bits per heavy atom. The second-order valence-corrected chi connectivity index (χ2v) is 8.03. The van der Waals surface area contributed by atoms with E-state index in [9.17, 15) is 8.42 Å². The van der Waals surface area contributed by atoms with Crippen LogP contribution in [0.2, 0.25) is 5.02 Å². The first-order chi connectivity index (χ1) is 9.56. The number of hydrazone groups is 1. The van der Waals surface area contributed by atoms with Gasteiger partial charge in [0.1, 0.15) is 4.21 Å². The number of thiophene rings is 1. The summed E-state index contributed by atoms with van der Waals surface area (Å²) in [6, 6.07) is 9.02. The van der Waals surface area contributed by atoms with Crippen molar-refractivity contribution in [3.63, 3.8) is 0 Å². The lowest BCUT2D eigenvalue weighted by Crippen LogP contribution is -2.20. The number of hydrogen-bond donors (Lipinski definition) is 1. The lowest BCUT2D eigenvalue weighted by atomic mass is 10.1. The van der Waals surface area contributed by atoms with Crippen molar-refractivity contribution in [2.24, 2.45) is 5.10 Å². The number of fused-ring (bicyclic) bond motifs is 1. The van der Waals surface area contributed by atoms with Crippen molar-refractivity contribution in [3.05, 3.63) is 46.3 Å². The van der Waals surface area contributed by atoms with E-state index in [1.807, 2.05) is 12.1 Å². The first-order valence-corrected chi connectivity index (χ1v) is 8.86. The molecule has 7 heteroatoms. The minimum Gasteiger partial charge on any atom is -0.278 e. The summed E-state index contributed by atoms with van der Waals surface area (Å²) in [4.78, 5) is 0. The molecule has 0 bridgehead atoms. The van der Waals surface area contributed by atoms with Crippen LogP contribution in [-0.2, 0) is 9.84 Å². The van der Waals surface area contributed by atoms with Gasteiger partial charge >= 0.3 is 0 Å². The molecule has 0 atom stereocenters. The summed E-state index contributed by atoms with van der Waals surface area (Å²) in [5.41, 5.74) is 5.16. The summed E-state index contributed by atoms with van der Waals surface area (Å²) in [5.74, 6) is 0.108. The molecule has 0 saturated carbocycles. The first kappa shape index (κ1) is 13.6. The van der Waals surface area contributed by atoms with E-state index in [4.69, 9.17) is 11.6 Å². The number of benzene rings is 1. The minimum absolute atomic E-state index is 0.108. The third-order valence-corrected chi connectivity index (χ3v) is 6.49. The summed E-state index contributed by atoms with van der Waals surface area (Å²) < 4.78 is 24.2. The number of rotatable bonds is 2. The first-order valence-electron chi connectivity index (χ1n) is 5.95. The molecule has 4 nitrogen and oxygen atoms in total. The van der Waals surface area contributed by atoms with E-state index >= 15 is 0 Å². The number of sulfone groups is 1. The van der Waals surface area contributed by atoms with E-state index in [1.165, 1.54) is 11.3 Å². The molecule has 0 spiro atoms. The predicted octanol–water partition coefficient (Wildman–Crippen LogP) is 3.40. The third-order valence-electron chi connectivity index (χ3n) is 2.98. The van der Waals surface area contributed by atoms with Crippen LogP contribution in [0.4, 0.5) is 5.69 Å². The molecule has 0 amide bonds. The average Bonchev–Trinajstić information content (AvgIpc) is 2.89. The summed E-state index contributed by atoms with van der Waals surface area (Å²) in [6.07, 6.45) is 0.416. The van der Waals surface area contributed by atoms with Crippen LogP contribution in [0.15, 0.2) is 45.0 Å². The van der Waals surface area contributed by atoms with Gasteiger partial charge in [-0.3, -0.25) is 5.43 Å². The molecule has 1 N–H and O–H groups in total. The quantitative estimate of drug-likeness (QED) is 0.860. The van der Waals surface area contributed by atoms with E-state index < -0.39 is 9.84 Å². The highest BCUT2D eigenvalue weighted by Crippen LogP contribution is 2.30. The zero-order valence-corrected chi connectivity index (χ0v) is 12.7. The van der Waals surface area contributed by atoms with E-state index in [0.717, 1.165) is 11.4 Å². The second-order valence-electron chi connectivity index (χ2n) is 4.37. The maximum atomic E-state index is 11.9. The number of nitrogens with zero attached hydrogens (tertiary/aromatic N) is 1. The van der Waals surface area contributed by atoms with Gasteiger partial charge in [-0.05, 0) is 29.6 Å². The highest BCUT2D eigenvalue weighted by Gasteiger charge is 2.28. The molecule has 20 heavy (non-hydrogen) atoms. The monoisotopic (exact) mass is 326 g/mol. The summed E-state index contributed by atoms with van der Waals surface area (Å²) in [7, 11) is -3.13. The number of anilines is 1. The van der Waals surface area contributed by atoms with Crippen LogP contribution in [0.25, 0.3) is 0 Å². The number of halogens is 1. The Hall–Kier alpha value is -1.37. The van der Waals surface area contributed by atoms with Crippen molar-refractivity contribution in [3.8, 4) is 0 Å². The van der Waals surface area contributed by atoms with Gasteiger partial charge in [-0.25, -0.2) is 8.42 Å². The van der Waals surface area contributed by atoms with Crippen molar-refractivity contribution in [2.45, 2.75) is 10.6 Å². The summed E-state index contributed by atoms with van der Waals surface area (Å²) in [6.45, 7) is 0. The zero-order valence-electron chi connectivity index (χ0n) is 10.3. The van der Waals surface area contributed by atoms with E-state index in [1.54, 1.807) is 23.6 Å². The van der Waals surface area contributed by atoms with Gasteiger partial charge < -0.3 is 0 Å². The van der Waals surface area contributed by atoms with Crippen LogP contribution in [0.5, 0.6) is 0 Å². The van der Waals surface area contributed by atoms with Gasteiger partial charge in [-0.1, -0.05) is 17.7 Å². The molecule has 0 saturated heterocycles. The molecule has 1 aromatic heterocycles. The molecule has 0 fully saturated rings. The Bertz CT molecular complexity index is 781. The molecule has 0 radical (unpaired) electrons. The lowest BCUT2D eigenvalue weighted by molar-refractivity contribution is 0.597. The standard InChI is InChI=1S/C13H11ClN2O2S2/c14-9-2-1-3-10(8-9)15-16-12-5-7-20(17,18)13-11(12)4-6-19-13/h1-4,6,8,15H,5,7H2. The molecule has 1 aliphatic heterocycles. The topological polar surface area (TPSA) is 58.5 Å². The minimum atomic E-state index is -3.13. The van der Waals surface area contributed by atoms with Gasteiger partial charge in [0.2, 0.25) is 0 Å². The predicted molar refractivity (Wildman–Crippen MR) is 82.6 cm³/mol. The van der Waals surface area contributed by atoms with Crippen LogP contribution in [0.3, 0.4) is 0 Å². The van der Waals surface area contributed by atoms with E-state index in [-0.39, 0.29) is 5.75 Å². The molecule has 0 unspecified atom stereocenters. The summed E-state index contributed by atoms with van der Waals surface area (Å²) >= 11 is 7.14. The molecular formula is C13H11ClN2O2S2. The van der Waals surface area contributed by atoms with Crippen LogP contribution in [-0.4, -0.2) is 19.9 Å².